The minimum absolute atomic E-state index is 0.0938. The van der Waals surface area contributed by atoms with Crippen molar-refractivity contribution in [3.8, 4) is 0 Å². The molecule has 7 heteroatoms. The molecule has 4 atom stereocenters. The molecule has 1 aromatic carbocycles. The van der Waals surface area contributed by atoms with Gasteiger partial charge in [-0.25, -0.2) is 4.79 Å². The van der Waals surface area contributed by atoms with Crippen LogP contribution >= 0.6 is 11.6 Å². The molecule has 0 radical (unpaired) electrons. The van der Waals surface area contributed by atoms with E-state index in [0.29, 0.717) is 31.0 Å². The molecule has 2 aliphatic heterocycles. The Morgan fingerprint density at radius 1 is 1.25 bits per heavy atom. The number of nitrogens with zero attached hydrogens (tertiary/aromatic N) is 1. The molecule has 2 fully saturated rings. The Balaban J connectivity index is 1.71. The van der Waals surface area contributed by atoms with E-state index >= 15 is 0 Å². The van der Waals surface area contributed by atoms with Crippen LogP contribution in [0.3, 0.4) is 0 Å². The molecule has 0 spiro atoms. The van der Waals surface area contributed by atoms with Crippen LogP contribution in [0.1, 0.15) is 31.4 Å². The zero-order valence-electron chi connectivity index (χ0n) is 13.4. The van der Waals surface area contributed by atoms with Gasteiger partial charge in [0.15, 0.2) is 6.10 Å². The second-order valence-corrected chi connectivity index (χ2v) is 6.62. The number of carboxylic acid groups (broad SMARTS) is 1. The molecule has 6 nitrogen and oxygen atoms in total. The second-order valence-electron chi connectivity index (χ2n) is 6.21. The molecule has 0 aromatic heterocycles. The van der Waals surface area contributed by atoms with E-state index in [1.54, 1.807) is 11.0 Å². The molecule has 2 aliphatic rings. The topological polar surface area (TPSA) is 76.1 Å². The molecule has 2 saturated heterocycles. The molecule has 1 N–H and O–H groups in total. The Morgan fingerprint density at radius 3 is 2.62 bits per heavy atom. The first-order chi connectivity index (χ1) is 11.5. The van der Waals surface area contributed by atoms with Gasteiger partial charge in [0.25, 0.3) is 5.91 Å². The van der Waals surface area contributed by atoms with E-state index in [1.807, 2.05) is 25.1 Å². The van der Waals surface area contributed by atoms with Gasteiger partial charge in [0.1, 0.15) is 12.2 Å². The van der Waals surface area contributed by atoms with E-state index in [4.69, 9.17) is 26.2 Å². The average molecular weight is 354 g/mol. The molecular formula is C17H20ClNO5. The summed E-state index contributed by atoms with van der Waals surface area (Å²) in [5, 5.41) is 9.62. The van der Waals surface area contributed by atoms with Crippen molar-refractivity contribution in [2.75, 3.05) is 13.2 Å². The summed E-state index contributed by atoms with van der Waals surface area (Å²) < 4.78 is 11.2. The fourth-order valence-electron chi connectivity index (χ4n) is 3.17. The molecule has 0 saturated carbocycles. The molecule has 2 unspecified atom stereocenters. The first kappa shape index (κ1) is 17.2. The molecule has 0 bridgehead atoms. The van der Waals surface area contributed by atoms with Crippen LogP contribution in [0.4, 0.5) is 0 Å². The summed E-state index contributed by atoms with van der Waals surface area (Å²) in [6.45, 7) is 2.68. The molecule has 3 rings (SSSR count). The second kappa shape index (κ2) is 7.09. The first-order valence-electron chi connectivity index (χ1n) is 8.02. The maximum atomic E-state index is 12.8. The number of benzene rings is 1. The largest absolute Gasteiger partial charge is 0.479 e. The third-order valence-electron chi connectivity index (χ3n) is 4.54. The Bertz CT molecular complexity index is 637. The van der Waals surface area contributed by atoms with Crippen molar-refractivity contribution in [2.24, 2.45) is 0 Å². The molecule has 130 valence electrons. The number of carbonyl (C=O) groups excluding carboxylic acids is 1. The summed E-state index contributed by atoms with van der Waals surface area (Å²) >= 11 is 6.23. The van der Waals surface area contributed by atoms with Gasteiger partial charge in [0, 0.05) is 10.6 Å². The average Bonchev–Trinajstić information content (AvgIpc) is 3.06. The maximum Gasteiger partial charge on any atom is 0.332 e. The Labute approximate surface area is 145 Å². The Hall–Kier alpha value is -1.63. The molecular weight excluding hydrogens is 334 g/mol. The lowest BCUT2D eigenvalue weighted by molar-refractivity contribution is -0.161. The summed E-state index contributed by atoms with van der Waals surface area (Å²) in [5.74, 6) is -1.19. The van der Waals surface area contributed by atoms with Crippen LogP contribution < -0.4 is 0 Å². The van der Waals surface area contributed by atoms with Crippen LogP contribution in [-0.2, 0) is 19.1 Å². The number of aliphatic carboxylic acids is 1. The molecule has 0 aliphatic carbocycles. The lowest BCUT2D eigenvalue weighted by Gasteiger charge is -2.39. The number of morpholine rings is 1. The number of hydrogen-bond donors (Lipinski definition) is 1. The quantitative estimate of drug-likeness (QED) is 0.902. The highest BCUT2D eigenvalue weighted by molar-refractivity contribution is 6.31. The van der Waals surface area contributed by atoms with E-state index in [2.05, 4.69) is 0 Å². The standard InChI is InChI=1S/C17H20ClNO5/c1-10-9-23-15(11-4-2-3-5-12(11)18)8-19(10)16(20)13-6-7-14(24-13)17(21)22/h2-5,10,13-15H,6-9H2,1H3,(H,21,22)/t10?,13-,14+,15?/m0/s1. The smallest absolute Gasteiger partial charge is 0.332 e. The fraction of sp³-hybridized carbons (Fsp3) is 0.529. The van der Waals surface area contributed by atoms with Gasteiger partial charge in [-0.05, 0) is 25.8 Å². The highest BCUT2D eigenvalue weighted by atomic mass is 35.5. The van der Waals surface area contributed by atoms with E-state index in [-0.39, 0.29) is 18.1 Å². The van der Waals surface area contributed by atoms with Gasteiger partial charge >= 0.3 is 5.97 Å². The number of halogens is 1. The molecule has 1 aromatic rings. The summed E-state index contributed by atoms with van der Waals surface area (Å²) in [6, 6.07) is 7.31. The number of ether oxygens (including phenoxy) is 2. The van der Waals surface area contributed by atoms with Gasteiger partial charge in [-0.2, -0.15) is 0 Å². The van der Waals surface area contributed by atoms with Crippen LogP contribution in [0.5, 0.6) is 0 Å². The highest BCUT2D eigenvalue weighted by Crippen LogP contribution is 2.31. The number of rotatable bonds is 3. The number of carboxylic acids is 1. The fourth-order valence-corrected chi connectivity index (χ4v) is 3.43. The first-order valence-corrected chi connectivity index (χ1v) is 8.40. The zero-order valence-corrected chi connectivity index (χ0v) is 14.1. The summed E-state index contributed by atoms with van der Waals surface area (Å²) in [6.07, 6.45) is -1.10. The van der Waals surface area contributed by atoms with Crippen molar-refractivity contribution in [2.45, 2.75) is 44.1 Å². The van der Waals surface area contributed by atoms with Crippen molar-refractivity contribution >= 4 is 23.5 Å². The van der Waals surface area contributed by atoms with Gasteiger partial charge in [-0.1, -0.05) is 29.8 Å². The van der Waals surface area contributed by atoms with E-state index in [9.17, 15) is 9.59 Å². The van der Waals surface area contributed by atoms with Gasteiger partial charge in [0.2, 0.25) is 0 Å². The van der Waals surface area contributed by atoms with Gasteiger partial charge < -0.3 is 19.5 Å². The Morgan fingerprint density at radius 2 is 1.96 bits per heavy atom. The summed E-state index contributed by atoms with van der Waals surface area (Å²) in [5.41, 5.74) is 0.847. The SMILES string of the molecule is CC1COC(c2ccccc2Cl)CN1C(=O)[C@@H]1CC[C@H](C(=O)O)O1. The van der Waals surface area contributed by atoms with Crippen molar-refractivity contribution in [3.63, 3.8) is 0 Å². The predicted molar refractivity (Wildman–Crippen MR) is 86.9 cm³/mol. The lowest BCUT2D eigenvalue weighted by atomic mass is 10.0. The predicted octanol–water partition coefficient (Wildman–Crippen LogP) is 2.26. The number of carbonyl (C=O) groups is 2. The monoisotopic (exact) mass is 353 g/mol. The van der Waals surface area contributed by atoms with Crippen LogP contribution in [0.2, 0.25) is 5.02 Å². The van der Waals surface area contributed by atoms with Crippen molar-refractivity contribution in [1.82, 2.24) is 4.90 Å². The summed E-state index contributed by atoms with van der Waals surface area (Å²) in [7, 11) is 0. The minimum Gasteiger partial charge on any atom is -0.479 e. The van der Waals surface area contributed by atoms with Gasteiger partial charge in [-0.3, -0.25) is 4.79 Å². The van der Waals surface area contributed by atoms with Crippen LogP contribution in [0.25, 0.3) is 0 Å². The van der Waals surface area contributed by atoms with Crippen molar-refractivity contribution in [3.05, 3.63) is 34.9 Å². The third-order valence-corrected chi connectivity index (χ3v) is 4.88. The Kier molecular flexibility index (Phi) is 5.08. The number of amides is 1. The minimum atomic E-state index is -1.02. The van der Waals surface area contributed by atoms with E-state index in [1.165, 1.54) is 0 Å². The van der Waals surface area contributed by atoms with E-state index < -0.39 is 18.2 Å². The normalized spacial score (nSPS) is 30.3. The van der Waals surface area contributed by atoms with Gasteiger partial charge in [0.05, 0.1) is 19.2 Å². The summed E-state index contributed by atoms with van der Waals surface area (Å²) in [4.78, 5) is 25.5. The molecule has 2 heterocycles. The van der Waals surface area contributed by atoms with E-state index in [0.717, 1.165) is 5.56 Å². The highest BCUT2D eigenvalue weighted by Gasteiger charge is 2.40. The third kappa shape index (κ3) is 3.41. The van der Waals surface area contributed by atoms with Crippen molar-refractivity contribution in [1.29, 1.82) is 0 Å². The molecule has 24 heavy (non-hydrogen) atoms. The zero-order chi connectivity index (χ0) is 17.3. The number of hydrogen-bond acceptors (Lipinski definition) is 4. The van der Waals surface area contributed by atoms with Crippen LogP contribution in [0, 0.1) is 0 Å². The van der Waals surface area contributed by atoms with Crippen molar-refractivity contribution < 1.29 is 24.2 Å². The van der Waals surface area contributed by atoms with Crippen LogP contribution in [-0.4, -0.2) is 53.3 Å². The maximum absolute atomic E-state index is 12.8. The molecule has 1 amide bonds. The van der Waals surface area contributed by atoms with Gasteiger partial charge in [-0.15, -0.1) is 0 Å². The van der Waals surface area contributed by atoms with Crippen LogP contribution in [0.15, 0.2) is 24.3 Å². The lowest BCUT2D eigenvalue weighted by Crippen LogP contribution is -2.51.